The molecule has 0 saturated carbocycles. The van der Waals surface area contributed by atoms with Crippen LogP contribution in [0.25, 0.3) is 33.1 Å². The summed E-state index contributed by atoms with van der Waals surface area (Å²) in [6.45, 7) is 0. The SMILES string of the molecule is COc1cc(O)ccc1-c1nc2ccc3[nH]ncc3c2c2c1CCCC2. The Morgan fingerprint density at radius 3 is 2.77 bits per heavy atom. The molecule has 0 atom stereocenters. The highest BCUT2D eigenvalue weighted by Gasteiger charge is 2.22. The molecule has 4 aromatic rings. The van der Waals surface area contributed by atoms with Crippen molar-refractivity contribution in [2.45, 2.75) is 25.7 Å². The predicted octanol–water partition coefficient (Wildman–Crippen LogP) is 4.37. The molecule has 0 aliphatic heterocycles. The number of methoxy groups -OCH3 is 1. The first-order valence-electron chi connectivity index (χ1n) is 8.91. The van der Waals surface area contributed by atoms with Gasteiger partial charge in [0.05, 0.1) is 30.0 Å². The molecular weight excluding hydrogens is 326 g/mol. The maximum Gasteiger partial charge on any atom is 0.131 e. The van der Waals surface area contributed by atoms with Crippen molar-refractivity contribution in [1.29, 1.82) is 0 Å². The molecule has 1 aliphatic carbocycles. The van der Waals surface area contributed by atoms with E-state index in [0.29, 0.717) is 5.75 Å². The molecule has 2 heterocycles. The third kappa shape index (κ3) is 2.17. The van der Waals surface area contributed by atoms with Gasteiger partial charge in [-0.05, 0) is 61.1 Å². The molecule has 5 nitrogen and oxygen atoms in total. The number of pyridine rings is 1. The number of aromatic amines is 1. The number of phenols is 1. The van der Waals surface area contributed by atoms with Gasteiger partial charge in [-0.2, -0.15) is 5.10 Å². The number of benzene rings is 2. The first-order chi connectivity index (χ1) is 12.8. The van der Waals surface area contributed by atoms with Gasteiger partial charge in [0.1, 0.15) is 11.5 Å². The van der Waals surface area contributed by atoms with E-state index in [9.17, 15) is 5.11 Å². The number of hydrogen-bond acceptors (Lipinski definition) is 4. The number of aromatic nitrogens is 3. The largest absolute Gasteiger partial charge is 0.508 e. The minimum atomic E-state index is 0.195. The number of phenolic OH excluding ortho intramolecular Hbond substituents is 1. The van der Waals surface area contributed by atoms with Gasteiger partial charge in [0.15, 0.2) is 0 Å². The number of aromatic hydroxyl groups is 1. The lowest BCUT2D eigenvalue weighted by Crippen LogP contribution is -2.08. The van der Waals surface area contributed by atoms with Crippen LogP contribution in [0.1, 0.15) is 24.0 Å². The predicted molar refractivity (Wildman–Crippen MR) is 102 cm³/mol. The van der Waals surface area contributed by atoms with Gasteiger partial charge in [-0.15, -0.1) is 0 Å². The quantitative estimate of drug-likeness (QED) is 0.566. The van der Waals surface area contributed by atoms with Crippen LogP contribution in [-0.4, -0.2) is 27.4 Å². The highest BCUT2D eigenvalue weighted by molar-refractivity contribution is 6.07. The number of nitrogens with one attached hydrogen (secondary N) is 1. The van der Waals surface area contributed by atoms with E-state index in [4.69, 9.17) is 9.72 Å². The van der Waals surface area contributed by atoms with Crippen LogP contribution in [0.15, 0.2) is 36.5 Å². The maximum absolute atomic E-state index is 9.81. The summed E-state index contributed by atoms with van der Waals surface area (Å²) in [4.78, 5) is 5.02. The second-order valence-electron chi connectivity index (χ2n) is 6.80. The molecule has 0 spiro atoms. The highest BCUT2D eigenvalue weighted by Crippen LogP contribution is 2.41. The first-order valence-corrected chi connectivity index (χ1v) is 8.91. The molecule has 1 aliphatic rings. The molecule has 0 bridgehead atoms. The minimum absolute atomic E-state index is 0.195. The van der Waals surface area contributed by atoms with Gasteiger partial charge in [0.25, 0.3) is 0 Å². The normalized spacial score (nSPS) is 13.9. The van der Waals surface area contributed by atoms with Crippen LogP contribution in [0, 0.1) is 0 Å². The van der Waals surface area contributed by atoms with Crippen molar-refractivity contribution in [3.63, 3.8) is 0 Å². The lowest BCUT2D eigenvalue weighted by molar-refractivity contribution is 0.409. The molecule has 26 heavy (non-hydrogen) atoms. The molecule has 0 saturated heterocycles. The molecule has 5 rings (SSSR count). The summed E-state index contributed by atoms with van der Waals surface area (Å²) in [6.07, 6.45) is 6.30. The smallest absolute Gasteiger partial charge is 0.131 e. The molecule has 0 unspecified atom stereocenters. The van der Waals surface area contributed by atoms with Gasteiger partial charge in [-0.1, -0.05) is 0 Å². The number of ether oxygens (including phenoxy) is 1. The zero-order chi connectivity index (χ0) is 17.7. The van der Waals surface area contributed by atoms with Crippen LogP contribution < -0.4 is 4.74 Å². The number of nitrogens with zero attached hydrogens (tertiary/aromatic N) is 2. The topological polar surface area (TPSA) is 71.0 Å². The van der Waals surface area contributed by atoms with Gasteiger partial charge < -0.3 is 9.84 Å². The molecule has 0 radical (unpaired) electrons. The average Bonchev–Trinajstić information content (AvgIpc) is 3.16. The van der Waals surface area contributed by atoms with Crippen molar-refractivity contribution < 1.29 is 9.84 Å². The van der Waals surface area contributed by atoms with Crippen LogP contribution >= 0.6 is 0 Å². The number of hydrogen-bond donors (Lipinski definition) is 2. The number of fused-ring (bicyclic) bond motifs is 5. The second-order valence-corrected chi connectivity index (χ2v) is 6.80. The van der Waals surface area contributed by atoms with Crippen LogP contribution in [0.4, 0.5) is 0 Å². The van der Waals surface area contributed by atoms with Crippen LogP contribution in [-0.2, 0) is 12.8 Å². The van der Waals surface area contributed by atoms with E-state index < -0.39 is 0 Å². The monoisotopic (exact) mass is 345 g/mol. The van der Waals surface area contributed by atoms with E-state index >= 15 is 0 Å². The number of H-pyrrole nitrogens is 1. The van der Waals surface area contributed by atoms with Crippen molar-refractivity contribution in [1.82, 2.24) is 15.2 Å². The lowest BCUT2D eigenvalue weighted by Gasteiger charge is -2.22. The number of aryl methyl sites for hydroxylation is 1. The Morgan fingerprint density at radius 1 is 1.08 bits per heavy atom. The molecule has 2 N–H and O–H groups in total. The van der Waals surface area contributed by atoms with E-state index in [1.54, 1.807) is 19.2 Å². The Hall–Kier alpha value is -3.08. The standard InChI is InChI=1S/C21H19N3O2/c1-26-19-10-12(25)6-7-15(19)21-14-5-3-2-4-13(14)20-16-11-22-24-17(16)8-9-18(20)23-21/h6-11,25H,2-5H2,1H3,(H,22,24). The second kappa shape index (κ2) is 5.73. The third-order valence-corrected chi connectivity index (χ3v) is 5.33. The van der Waals surface area contributed by atoms with E-state index in [2.05, 4.69) is 16.3 Å². The van der Waals surface area contributed by atoms with Crippen molar-refractivity contribution in [2.75, 3.05) is 7.11 Å². The summed E-state index contributed by atoms with van der Waals surface area (Å²) in [5, 5.41) is 19.4. The van der Waals surface area contributed by atoms with E-state index in [1.807, 2.05) is 18.3 Å². The molecule has 0 fully saturated rings. The Bertz CT molecular complexity index is 1150. The Kier molecular flexibility index (Phi) is 3.35. The fraction of sp³-hybridized carbons (Fsp3) is 0.238. The summed E-state index contributed by atoms with van der Waals surface area (Å²) in [7, 11) is 1.63. The van der Waals surface area contributed by atoms with E-state index in [0.717, 1.165) is 46.9 Å². The minimum Gasteiger partial charge on any atom is -0.508 e. The molecule has 2 aromatic heterocycles. The summed E-state index contributed by atoms with van der Waals surface area (Å²) < 4.78 is 5.53. The van der Waals surface area contributed by atoms with Crippen LogP contribution in [0.3, 0.4) is 0 Å². The fourth-order valence-electron chi connectivity index (χ4n) is 4.15. The zero-order valence-corrected chi connectivity index (χ0v) is 14.5. The van der Waals surface area contributed by atoms with Gasteiger partial charge >= 0.3 is 0 Å². The van der Waals surface area contributed by atoms with Crippen molar-refractivity contribution in [3.8, 4) is 22.8 Å². The van der Waals surface area contributed by atoms with Crippen molar-refractivity contribution in [3.05, 3.63) is 47.7 Å². The molecule has 130 valence electrons. The van der Waals surface area contributed by atoms with Crippen molar-refractivity contribution >= 4 is 21.8 Å². The summed E-state index contributed by atoms with van der Waals surface area (Å²) in [5.74, 6) is 0.842. The van der Waals surface area contributed by atoms with Crippen LogP contribution in [0.5, 0.6) is 11.5 Å². The van der Waals surface area contributed by atoms with Gasteiger partial charge in [0.2, 0.25) is 0 Å². The van der Waals surface area contributed by atoms with E-state index in [-0.39, 0.29) is 5.75 Å². The lowest BCUT2D eigenvalue weighted by atomic mass is 9.85. The maximum atomic E-state index is 9.81. The van der Waals surface area contributed by atoms with Crippen molar-refractivity contribution in [2.24, 2.45) is 0 Å². The Morgan fingerprint density at radius 2 is 1.92 bits per heavy atom. The van der Waals surface area contributed by atoms with Gasteiger partial charge in [-0.3, -0.25) is 5.10 Å². The highest BCUT2D eigenvalue weighted by atomic mass is 16.5. The summed E-state index contributed by atoms with van der Waals surface area (Å²) >= 11 is 0. The average molecular weight is 345 g/mol. The Labute approximate surface area is 150 Å². The zero-order valence-electron chi connectivity index (χ0n) is 14.5. The molecule has 5 heteroatoms. The molecule has 0 amide bonds. The van der Waals surface area contributed by atoms with Gasteiger partial charge in [0, 0.05) is 22.4 Å². The third-order valence-electron chi connectivity index (χ3n) is 5.33. The van der Waals surface area contributed by atoms with Crippen LogP contribution in [0.2, 0.25) is 0 Å². The summed E-state index contributed by atoms with van der Waals surface area (Å²) in [5.41, 5.74) is 6.58. The fourth-order valence-corrected chi connectivity index (χ4v) is 4.15. The molecular formula is C21H19N3O2. The van der Waals surface area contributed by atoms with E-state index in [1.165, 1.54) is 22.9 Å². The summed E-state index contributed by atoms with van der Waals surface area (Å²) in [6, 6.07) is 9.33. The Balaban J connectivity index is 1.88. The molecule has 2 aromatic carbocycles. The first kappa shape index (κ1) is 15.2. The number of rotatable bonds is 2. The van der Waals surface area contributed by atoms with Gasteiger partial charge in [-0.25, -0.2) is 4.98 Å².